The van der Waals surface area contributed by atoms with Crippen LogP contribution in [0, 0.1) is 0 Å². The van der Waals surface area contributed by atoms with Crippen molar-refractivity contribution in [1.82, 2.24) is 0 Å². The molecule has 0 spiro atoms. The van der Waals surface area contributed by atoms with E-state index in [0.717, 1.165) is 11.1 Å². The first-order valence-corrected chi connectivity index (χ1v) is 4.44. The lowest BCUT2D eigenvalue weighted by atomic mass is 10.1. The topological polar surface area (TPSA) is 24.7 Å². The van der Waals surface area contributed by atoms with Crippen LogP contribution in [0.2, 0.25) is 0 Å². The van der Waals surface area contributed by atoms with Gasteiger partial charge in [-0.2, -0.15) is 0 Å². The lowest BCUT2D eigenvalue weighted by Crippen LogP contribution is -1.89. The Balaban J connectivity index is 2.39. The van der Waals surface area contributed by atoms with Gasteiger partial charge in [0.1, 0.15) is 0 Å². The minimum atomic E-state index is 1.07. The quantitative estimate of drug-likeness (QED) is 0.550. The number of allylic oxidation sites excluding steroid dienone is 8. The van der Waals surface area contributed by atoms with Crippen molar-refractivity contribution >= 4 is 12.4 Å². The fraction of sp³-hybridized carbons (Fsp3) is 0. The van der Waals surface area contributed by atoms with Crippen LogP contribution in [0.25, 0.3) is 0 Å². The maximum absolute atomic E-state index is 4.12. The molecule has 0 N–H and O–H groups in total. The summed E-state index contributed by atoms with van der Waals surface area (Å²) in [6.45, 7) is 0. The zero-order valence-corrected chi connectivity index (χ0v) is 7.67. The normalized spacial score (nSPS) is 24.0. The van der Waals surface area contributed by atoms with E-state index < -0.39 is 0 Å². The van der Waals surface area contributed by atoms with E-state index >= 15 is 0 Å². The Morgan fingerprint density at radius 2 is 1.14 bits per heavy atom. The van der Waals surface area contributed by atoms with Gasteiger partial charge in [-0.15, -0.1) is 0 Å². The molecule has 2 nitrogen and oxygen atoms in total. The smallest absolute Gasteiger partial charge is 0.0346 e. The van der Waals surface area contributed by atoms with Crippen molar-refractivity contribution in [2.45, 2.75) is 0 Å². The molecule has 0 radical (unpaired) electrons. The summed E-state index contributed by atoms with van der Waals surface area (Å²) in [5.41, 5.74) is 2.14. The van der Waals surface area contributed by atoms with Crippen molar-refractivity contribution < 1.29 is 0 Å². The second-order valence-corrected chi connectivity index (χ2v) is 2.87. The molecule has 2 rings (SSSR count). The zero-order chi connectivity index (χ0) is 9.64. The van der Waals surface area contributed by atoms with Gasteiger partial charge in [0, 0.05) is 36.0 Å². The summed E-state index contributed by atoms with van der Waals surface area (Å²) in [7, 11) is 0. The van der Waals surface area contributed by atoms with Gasteiger partial charge in [0.05, 0.1) is 0 Å². The molecule has 0 atom stereocenters. The summed E-state index contributed by atoms with van der Waals surface area (Å²) in [6, 6.07) is 0. The first kappa shape index (κ1) is 8.63. The third kappa shape index (κ3) is 2.04. The third-order valence-electron chi connectivity index (χ3n) is 1.88. The van der Waals surface area contributed by atoms with Crippen LogP contribution >= 0.6 is 0 Å². The molecule has 0 aromatic rings. The second-order valence-electron chi connectivity index (χ2n) is 2.87. The van der Waals surface area contributed by atoms with Crippen molar-refractivity contribution in [3.8, 4) is 0 Å². The Morgan fingerprint density at radius 3 is 1.64 bits per heavy atom. The van der Waals surface area contributed by atoms with E-state index in [9.17, 15) is 0 Å². The monoisotopic (exact) mass is 182 g/mol. The van der Waals surface area contributed by atoms with Gasteiger partial charge in [0.25, 0.3) is 0 Å². The van der Waals surface area contributed by atoms with Crippen molar-refractivity contribution in [1.29, 1.82) is 0 Å². The van der Waals surface area contributed by atoms with Crippen LogP contribution in [0.15, 0.2) is 70.0 Å². The van der Waals surface area contributed by atoms with E-state index in [2.05, 4.69) is 9.98 Å². The Bertz CT molecular complexity index is 340. The van der Waals surface area contributed by atoms with Crippen molar-refractivity contribution in [3.05, 3.63) is 60.0 Å². The van der Waals surface area contributed by atoms with Gasteiger partial charge >= 0.3 is 0 Å². The summed E-state index contributed by atoms with van der Waals surface area (Å²) >= 11 is 0. The number of hydrogen-bond donors (Lipinski definition) is 0. The highest BCUT2D eigenvalue weighted by Crippen LogP contribution is 2.08. The SMILES string of the molecule is C1=CN=CC(=C2C=CC=CN=C2)C=C1. The van der Waals surface area contributed by atoms with E-state index in [-0.39, 0.29) is 0 Å². The van der Waals surface area contributed by atoms with Crippen LogP contribution in [0.3, 0.4) is 0 Å². The predicted octanol–water partition coefficient (Wildman–Crippen LogP) is 2.59. The molecule has 2 heteroatoms. The van der Waals surface area contributed by atoms with E-state index in [1.807, 2.05) is 48.9 Å². The lowest BCUT2D eigenvalue weighted by molar-refractivity contribution is 1.58. The molecule has 0 saturated heterocycles. The first-order valence-electron chi connectivity index (χ1n) is 4.44. The van der Waals surface area contributed by atoms with Crippen LogP contribution in [-0.2, 0) is 0 Å². The number of nitrogens with zero attached hydrogens (tertiary/aromatic N) is 2. The van der Waals surface area contributed by atoms with Gasteiger partial charge in [-0.25, -0.2) is 0 Å². The highest BCUT2D eigenvalue weighted by molar-refractivity contribution is 5.96. The Hall–Kier alpha value is -1.96. The Kier molecular flexibility index (Phi) is 2.67. The van der Waals surface area contributed by atoms with Crippen LogP contribution < -0.4 is 0 Å². The van der Waals surface area contributed by atoms with Crippen molar-refractivity contribution in [3.63, 3.8) is 0 Å². The number of rotatable bonds is 0. The maximum Gasteiger partial charge on any atom is 0.0346 e. The molecule has 0 aliphatic carbocycles. The van der Waals surface area contributed by atoms with Crippen LogP contribution in [0.1, 0.15) is 0 Å². The molecular weight excluding hydrogens is 172 g/mol. The van der Waals surface area contributed by atoms with Crippen LogP contribution in [-0.4, -0.2) is 12.4 Å². The highest BCUT2D eigenvalue weighted by Gasteiger charge is 1.97. The summed E-state index contributed by atoms with van der Waals surface area (Å²) in [6.07, 6.45) is 19.0. The zero-order valence-electron chi connectivity index (χ0n) is 7.67. The molecule has 68 valence electrons. The molecule has 2 aliphatic rings. The lowest BCUT2D eigenvalue weighted by Gasteiger charge is -1.96. The molecule has 0 bridgehead atoms. The molecule has 0 saturated carbocycles. The van der Waals surface area contributed by atoms with E-state index in [4.69, 9.17) is 0 Å². The fourth-order valence-electron chi connectivity index (χ4n) is 1.19. The summed E-state index contributed by atoms with van der Waals surface area (Å²) in [5.74, 6) is 0. The summed E-state index contributed by atoms with van der Waals surface area (Å²) in [5, 5.41) is 0. The maximum atomic E-state index is 4.12. The van der Waals surface area contributed by atoms with Gasteiger partial charge in [-0.05, 0) is 12.2 Å². The van der Waals surface area contributed by atoms with Gasteiger partial charge in [-0.3, -0.25) is 9.98 Å². The van der Waals surface area contributed by atoms with Crippen molar-refractivity contribution in [2.75, 3.05) is 0 Å². The molecule has 14 heavy (non-hydrogen) atoms. The predicted molar refractivity (Wildman–Crippen MR) is 60.6 cm³/mol. The van der Waals surface area contributed by atoms with Crippen molar-refractivity contribution in [2.24, 2.45) is 9.98 Å². The molecule has 0 aromatic heterocycles. The molecule has 0 amide bonds. The average molecular weight is 182 g/mol. The molecule has 0 fully saturated rings. The van der Waals surface area contributed by atoms with Gasteiger partial charge in [-0.1, -0.05) is 24.3 Å². The molecule has 2 aliphatic heterocycles. The highest BCUT2D eigenvalue weighted by atomic mass is 14.7. The number of aliphatic imine (C=N–C) groups is 2. The Labute approximate surface area is 83.1 Å². The fourth-order valence-corrected chi connectivity index (χ4v) is 1.19. The van der Waals surface area contributed by atoms with Gasteiger partial charge in [0.2, 0.25) is 0 Å². The molecular formula is C12H10N2. The Morgan fingerprint density at radius 1 is 0.643 bits per heavy atom. The largest absolute Gasteiger partial charge is 0.264 e. The van der Waals surface area contributed by atoms with Crippen LogP contribution in [0.4, 0.5) is 0 Å². The van der Waals surface area contributed by atoms with Gasteiger partial charge < -0.3 is 0 Å². The summed E-state index contributed by atoms with van der Waals surface area (Å²) < 4.78 is 0. The molecule has 2 heterocycles. The van der Waals surface area contributed by atoms with E-state index in [1.165, 1.54) is 0 Å². The van der Waals surface area contributed by atoms with Gasteiger partial charge in [0.15, 0.2) is 0 Å². The molecule has 0 aromatic carbocycles. The number of hydrogen-bond acceptors (Lipinski definition) is 2. The van der Waals surface area contributed by atoms with E-state index in [1.54, 1.807) is 12.4 Å². The third-order valence-corrected chi connectivity index (χ3v) is 1.88. The van der Waals surface area contributed by atoms with Crippen LogP contribution in [0.5, 0.6) is 0 Å². The van der Waals surface area contributed by atoms with E-state index in [0.29, 0.717) is 0 Å². The summed E-state index contributed by atoms with van der Waals surface area (Å²) in [4.78, 5) is 8.23. The standard InChI is InChI=1S/C12H10N2/c1-3-7-13-9-11(5-1)12-6-2-4-8-14-10-12/h1-10H. The average Bonchev–Trinajstić information content (AvgIpc) is 2.62. The first-order chi connectivity index (χ1) is 6.97. The minimum absolute atomic E-state index is 1.07. The molecule has 0 unspecified atom stereocenters. The minimum Gasteiger partial charge on any atom is -0.264 e. The second kappa shape index (κ2) is 4.33.